The number of halogens is 1. The predicted octanol–water partition coefficient (Wildman–Crippen LogP) is 1.82. The van der Waals surface area contributed by atoms with Crippen molar-refractivity contribution in [3.05, 3.63) is 34.9 Å². The van der Waals surface area contributed by atoms with E-state index in [0.29, 0.717) is 11.6 Å². The maximum absolute atomic E-state index is 8.34. The highest BCUT2D eigenvalue weighted by Crippen LogP contribution is 2.13. The van der Waals surface area contributed by atoms with E-state index in [1.54, 1.807) is 6.07 Å². The second-order valence-corrected chi connectivity index (χ2v) is 2.33. The summed E-state index contributed by atoms with van der Waals surface area (Å²) in [7, 11) is 0. The van der Waals surface area contributed by atoms with Gasteiger partial charge in [-0.05, 0) is 11.6 Å². The fourth-order valence-corrected chi connectivity index (χ4v) is 0.929. The van der Waals surface area contributed by atoms with Gasteiger partial charge in [0.1, 0.15) is 0 Å². The molecule has 2 nitrogen and oxygen atoms in total. The van der Waals surface area contributed by atoms with Gasteiger partial charge in [0.05, 0.1) is 0 Å². The van der Waals surface area contributed by atoms with E-state index in [1.165, 1.54) is 0 Å². The molecule has 0 radical (unpaired) electrons. The highest BCUT2D eigenvalue weighted by atomic mass is 35.5. The van der Waals surface area contributed by atoms with Crippen LogP contribution >= 0.6 is 11.6 Å². The lowest BCUT2D eigenvalue weighted by Gasteiger charge is -1.99. The molecule has 0 bridgehead atoms. The molecule has 10 heavy (non-hydrogen) atoms. The molecule has 0 spiro atoms. The van der Waals surface area contributed by atoms with Gasteiger partial charge in [-0.15, -0.1) is 0 Å². The topological polar surface area (TPSA) is 32.3 Å². The van der Waals surface area contributed by atoms with Crippen molar-refractivity contribution in [1.29, 1.82) is 0 Å². The Morgan fingerprint density at radius 3 is 2.70 bits per heavy atom. The van der Waals surface area contributed by atoms with Gasteiger partial charge in [0, 0.05) is 11.6 Å². The standard InChI is InChI=1S/C7H8ClNO/c8-7-4-2-1-3-6(7)5-9-10/h1-4,9-10H,5H2. The van der Waals surface area contributed by atoms with Crippen molar-refractivity contribution in [2.75, 3.05) is 0 Å². The van der Waals surface area contributed by atoms with Gasteiger partial charge in [-0.25, -0.2) is 5.48 Å². The van der Waals surface area contributed by atoms with Crippen LogP contribution in [0.2, 0.25) is 5.02 Å². The number of hydroxylamine groups is 1. The van der Waals surface area contributed by atoms with E-state index in [1.807, 2.05) is 23.7 Å². The lowest BCUT2D eigenvalue weighted by Crippen LogP contribution is -2.06. The van der Waals surface area contributed by atoms with Gasteiger partial charge in [0.25, 0.3) is 0 Å². The first kappa shape index (κ1) is 7.54. The van der Waals surface area contributed by atoms with Crippen molar-refractivity contribution >= 4 is 11.6 Å². The first-order chi connectivity index (χ1) is 4.84. The van der Waals surface area contributed by atoms with Crippen molar-refractivity contribution < 1.29 is 5.21 Å². The molecule has 0 amide bonds. The molecule has 0 fully saturated rings. The van der Waals surface area contributed by atoms with Crippen LogP contribution in [-0.4, -0.2) is 5.21 Å². The molecule has 1 rings (SSSR count). The summed E-state index contributed by atoms with van der Waals surface area (Å²) < 4.78 is 0. The molecule has 0 aromatic heterocycles. The summed E-state index contributed by atoms with van der Waals surface area (Å²) in [4.78, 5) is 0. The average molecular weight is 158 g/mol. The van der Waals surface area contributed by atoms with Crippen molar-refractivity contribution in [3.8, 4) is 0 Å². The van der Waals surface area contributed by atoms with E-state index in [-0.39, 0.29) is 0 Å². The first-order valence-corrected chi connectivity index (χ1v) is 3.33. The summed E-state index contributed by atoms with van der Waals surface area (Å²) >= 11 is 5.75. The maximum atomic E-state index is 8.34. The molecule has 0 unspecified atom stereocenters. The van der Waals surface area contributed by atoms with E-state index in [0.717, 1.165) is 5.56 Å². The largest absolute Gasteiger partial charge is 0.316 e. The average Bonchev–Trinajstić information content (AvgIpc) is 1.94. The Hall–Kier alpha value is -0.570. The van der Waals surface area contributed by atoms with E-state index in [2.05, 4.69) is 0 Å². The Kier molecular flexibility index (Phi) is 2.68. The number of hydrogen-bond donors (Lipinski definition) is 2. The molecule has 2 N–H and O–H groups in total. The highest BCUT2D eigenvalue weighted by Gasteiger charge is 1.94. The Morgan fingerprint density at radius 2 is 2.10 bits per heavy atom. The molecule has 0 aliphatic carbocycles. The van der Waals surface area contributed by atoms with Gasteiger partial charge in [0.2, 0.25) is 0 Å². The second-order valence-electron chi connectivity index (χ2n) is 1.93. The van der Waals surface area contributed by atoms with E-state index < -0.39 is 0 Å². The Labute approximate surface area is 64.4 Å². The van der Waals surface area contributed by atoms with Gasteiger partial charge >= 0.3 is 0 Å². The third-order valence-electron chi connectivity index (χ3n) is 1.23. The maximum Gasteiger partial charge on any atom is 0.0472 e. The lowest BCUT2D eigenvalue weighted by molar-refractivity contribution is 0.161. The minimum absolute atomic E-state index is 0.389. The van der Waals surface area contributed by atoms with Crippen LogP contribution in [0.1, 0.15) is 5.56 Å². The van der Waals surface area contributed by atoms with E-state index >= 15 is 0 Å². The molecule has 0 saturated carbocycles. The molecule has 0 aliphatic heterocycles. The van der Waals surface area contributed by atoms with E-state index in [4.69, 9.17) is 16.8 Å². The molecule has 0 saturated heterocycles. The normalized spacial score (nSPS) is 9.80. The van der Waals surface area contributed by atoms with Gasteiger partial charge in [0.15, 0.2) is 0 Å². The fourth-order valence-electron chi connectivity index (χ4n) is 0.727. The predicted molar refractivity (Wildman–Crippen MR) is 40.1 cm³/mol. The Morgan fingerprint density at radius 1 is 1.40 bits per heavy atom. The molecule has 1 aromatic carbocycles. The first-order valence-electron chi connectivity index (χ1n) is 2.95. The van der Waals surface area contributed by atoms with Crippen molar-refractivity contribution in [2.24, 2.45) is 0 Å². The van der Waals surface area contributed by atoms with Gasteiger partial charge in [-0.1, -0.05) is 29.8 Å². The van der Waals surface area contributed by atoms with Crippen LogP contribution < -0.4 is 5.48 Å². The minimum atomic E-state index is 0.389. The SMILES string of the molecule is ONCc1ccccc1Cl. The number of hydrogen-bond acceptors (Lipinski definition) is 2. The minimum Gasteiger partial charge on any atom is -0.316 e. The quantitative estimate of drug-likeness (QED) is 0.642. The molecule has 0 atom stereocenters. The molecule has 1 aromatic rings. The zero-order valence-electron chi connectivity index (χ0n) is 5.34. The van der Waals surface area contributed by atoms with Crippen LogP contribution in [0.15, 0.2) is 24.3 Å². The third kappa shape index (κ3) is 1.70. The van der Waals surface area contributed by atoms with Crippen LogP contribution in [0.25, 0.3) is 0 Å². The molecule has 0 aliphatic rings. The Bertz CT molecular complexity index is 215. The third-order valence-corrected chi connectivity index (χ3v) is 1.60. The van der Waals surface area contributed by atoms with Crippen LogP contribution in [0.4, 0.5) is 0 Å². The van der Waals surface area contributed by atoms with E-state index in [9.17, 15) is 0 Å². The van der Waals surface area contributed by atoms with Crippen LogP contribution in [-0.2, 0) is 6.54 Å². The van der Waals surface area contributed by atoms with Crippen molar-refractivity contribution in [3.63, 3.8) is 0 Å². The van der Waals surface area contributed by atoms with Gasteiger partial charge in [-0.2, -0.15) is 0 Å². The summed E-state index contributed by atoms with van der Waals surface area (Å²) in [5, 5.41) is 9.01. The summed E-state index contributed by atoms with van der Waals surface area (Å²) in [5.74, 6) is 0. The van der Waals surface area contributed by atoms with Crippen LogP contribution in [0, 0.1) is 0 Å². The fraction of sp³-hybridized carbons (Fsp3) is 0.143. The molecule has 0 heterocycles. The summed E-state index contributed by atoms with van der Waals surface area (Å²) in [6.07, 6.45) is 0. The summed E-state index contributed by atoms with van der Waals surface area (Å²) in [6.45, 7) is 0.389. The number of nitrogens with one attached hydrogen (secondary N) is 1. The summed E-state index contributed by atoms with van der Waals surface area (Å²) in [6, 6.07) is 7.36. The molecular formula is C7H8ClNO. The lowest BCUT2D eigenvalue weighted by atomic mass is 10.2. The van der Waals surface area contributed by atoms with Crippen molar-refractivity contribution in [1.82, 2.24) is 5.48 Å². The van der Waals surface area contributed by atoms with Gasteiger partial charge < -0.3 is 5.21 Å². The van der Waals surface area contributed by atoms with Crippen LogP contribution in [0.3, 0.4) is 0 Å². The molecule has 3 heteroatoms. The van der Waals surface area contributed by atoms with Gasteiger partial charge in [-0.3, -0.25) is 0 Å². The second kappa shape index (κ2) is 3.56. The van der Waals surface area contributed by atoms with Crippen LogP contribution in [0.5, 0.6) is 0 Å². The molecule has 54 valence electrons. The monoisotopic (exact) mass is 157 g/mol. The number of rotatable bonds is 2. The highest BCUT2D eigenvalue weighted by molar-refractivity contribution is 6.31. The summed E-state index contributed by atoms with van der Waals surface area (Å²) in [5.41, 5.74) is 2.94. The smallest absolute Gasteiger partial charge is 0.0472 e. The van der Waals surface area contributed by atoms with Crippen molar-refractivity contribution in [2.45, 2.75) is 6.54 Å². The zero-order chi connectivity index (χ0) is 7.40. The number of benzene rings is 1. The Balaban J connectivity index is 2.81. The zero-order valence-corrected chi connectivity index (χ0v) is 6.10. The molecular weight excluding hydrogens is 150 g/mol.